The number of carbonyl (C=O) groups excluding carboxylic acids is 1. The van der Waals surface area contributed by atoms with Crippen LogP contribution >= 0.6 is 0 Å². The molecule has 1 aliphatic heterocycles. The van der Waals surface area contributed by atoms with Gasteiger partial charge in [-0.05, 0) is 38.0 Å². The fourth-order valence-electron chi connectivity index (χ4n) is 2.11. The van der Waals surface area contributed by atoms with Gasteiger partial charge in [-0.2, -0.15) is 0 Å². The Kier molecular flexibility index (Phi) is 4.29. The van der Waals surface area contributed by atoms with Crippen LogP contribution in [0, 0.1) is 0 Å². The van der Waals surface area contributed by atoms with Crippen molar-refractivity contribution in [3.05, 3.63) is 23.8 Å². The summed E-state index contributed by atoms with van der Waals surface area (Å²) in [5.41, 5.74) is 0.153. The van der Waals surface area contributed by atoms with Gasteiger partial charge in [0.05, 0.1) is 12.2 Å². The van der Waals surface area contributed by atoms with E-state index in [1.54, 1.807) is 6.07 Å². The molecule has 1 aliphatic rings. The van der Waals surface area contributed by atoms with Crippen molar-refractivity contribution in [1.29, 1.82) is 0 Å². The molecule has 110 valence electrons. The number of amides is 1. The fourth-order valence-corrected chi connectivity index (χ4v) is 3.70. The van der Waals surface area contributed by atoms with Gasteiger partial charge in [0.15, 0.2) is 0 Å². The molecule has 0 fully saturated rings. The largest absolute Gasteiger partial charge is 0.494 e. The summed E-state index contributed by atoms with van der Waals surface area (Å²) in [6, 6.07) is 4.41. The first kappa shape index (κ1) is 14.8. The lowest BCUT2D eigenvalue weighted by atomic mass is 10.2. The number of fused-ring (bicyclic) bond motifs is 1. The topological polar surface area (TPSA) is 83.9 Å². The maximum absolute atomic E-state index is 12.3. The lowest BCUT2D eigenvalue weighted by molar-refractivity contribution is 0.0867. The van der Waals surface area contributed by atoms with Gasteiger partial charge in [0.25, 0.3) is 15.9 Å². The predicted octanol–water partition coefficient (Wildman–Crippen LogP) is 1.00. The summed E-state index contributed by atoms with van der Waals surface area (Å²) >= 11 is 0. The molecular formula is C13H17NO5S. The zero-order valence-electron chi connectivity index (χ0n) is 11.2. The van der Waals surface area contributed by atoms with Crippen molar-refractivity contribution in [2.75, 3.05) is 19.8 Å². The first-order valence-corrected chi connectivity index (χ1v) is 7.91. The lowest BCUT2D eigenvalue weighted by Gasteiger charge is -2.14. The molecular weight excluding hydrogens is 282 g/mol. The number of unbranched alkanes of at least 4 members (excludes halogenated alkanes) is 1. The molecule has 7 heteroatoms. The van der Waals surface area contributed by atoms with E-state index >= 15 is 0 Å². The highest BCUT2D eigenvalue weighted by atomic mass is 32.2. The third-order valence-corrected chi connectivity index (χ3v) is 4.90. The summed E-state index contributed by atoms with van der Waals surface area (Å²) in [7, 11) is -3.76. The second-order valence-electron chi connectivity index (χ2n) is 4.40. The summed E-state index contributed by atoms with van der Waals surface area (Å²) in [6.07, 6.45) is 0.896. The summed E-state index contributed by atoms with van der Waals surface area (Å²) in [5.74, 6) is -0.0495. The minimum atomic E-state index is -3.76. The van der Waals surface area contributed by atoms with E-state index in [2.05, 4.69) is 0 Å². The number of aliphatic hydroxyl groups is 1. The van der Waals surface area contributed by atoms with E-state index in [0.29, 0.717) is 25.2 Å². The Morgan fingerprint density at radius 1 is 1.30 bits per heavy atom. The van der Waals surface area contributed by atoms with E-state index in [0.717, 1.165) is 4.31 Å². The summed E-state index contributed by atoms with van der Waals surface area (Å²) in [4.78, 5) is 12.2. The number of aliphatic hydroxyl groups excluding tert-OH is 1. The Morgan fingerprint density at radius 2 is 2.05 bits per heavy atom. The molecule has 0 spiro atoms. The van der Waals surface area contributed by atoms with Crippen molar-refractivity contribution in [2.45, 2.75) is 24.7 Å². The minimum absolute atomic E-state index is 0.0231. The summed E-state index contributed by atoms with van der Waals surface area (Å²) in [6.45, 7) is 2.32. The number of rotatable bonds is 6. The normalized spacial score (nSPS) is 16.3. The van der Waals surface area contributed by atoms with Crippen LogP contribution in [0.15, 0.2) is 23.1 Å². The van der Waals surface area contributed by atoms with Gasteiger partial charge in [-0.15, -0.1) is 0 Å². The second-order valence-corrected chi connectivity index (χ2v) is 6.23. The number of carbonyl (C=O) groups is 1. The number of sulfonamides is 1. The van der Waals surface area contributed by atoms with Crippen LogP contribution in [0.5, 0.6) is 5.75 Å². The van der Waals surface area contributed by atoms with Gasteiger partial charge in [-0.1, -0.05) is 0 Å². The van der Waals surface area contributed by atoms with Crippen LogP contribution in [0.2, 0.25) is 0 Å². The van der Waals surface area contributed by atoms with E-state index in [4.69, 9.17) is 9.84 Å². The molecule has 1 aromatic carbocycles. The fraction of sp³-hybridized carbons (Fsp3) is 0.462. The van der Waals surface area contributed by atoms with E-state index < -0.39 is 15.9 Å². The van der Waals surface area contributed by atoms with Crippen molar-refractivity contribution >= 4 is 15.9 Å². The number of nitrogens with zero attached hydrogens (tertiary/aromatic N) is 1. The zero-order valence-corrected chi connectivity index (χ0v) is 12.0. The predicted molar refractivity (Wildman–Crippen MR) is 72.2 cm³/mol. The van der Waals surface area contributed by atoms with E-state index in [1.165, 1.54) is 12.1 Å². The van der Waals surface area contributed by atoms with Gasteiger partial charge in [0, 0.05) is 13.2 Å². The van der Waals surface area contributed by atoms with Crippen molar-refractivity contribution in [3.8, 4) is 5.75 Å². The van der Waals surface area contributed by atoms with Crippen LogP contribution in [0.25, 0.3) is 0 Å². The maximum Gasteiger partial charge on any atom is 0.269 e. The third kappa shape index (κ3) is 2.51. The first-order valence-electron chi connectivity index (χ1n) is 6.47. The van der Waals surface area contributed by atoms with Gasteiger partial charge in [0.1, 0.15) is 10.6 Å². The molecule has 20 heavy (non-hydrogen) atoms. The molecule has 0 radical (unpaired) electrons. The minimum Gasteiger partial charge on any atom is -0.494 e. The molecule has 1 amide bonds. The SMILES string of the molecule is CCOc1ccc2c(c1)C(=O)N(CCCCO)S2(=O)=O. The van der Waals surface area contributed by atoms with Crippen LogP contribution in [0.1, 0.15) is 30.1 Å². The number of benzene rings is 1. The standard InChI is InChI=1S/C13H17NO5S/c1-2-19-10-5-6-12-11(9-10)13(16)14(20(12,17)18)7-3-4-8-15/h5-6,9,15H,2-4,7-8H2,1H3. The number of hydrogen-bond acceptors (Lipinski definition) is 5. The summed E-state index contributed by atoms with van der Waals surface area (Å²) < 4.78 is 30.7. The molecule has 6 nitrogen and oxygen atoms in total. The number of hydrogen-bond donors (Lipinski definition) is 1. The first-order chi connectivity index (χ1) is 9.52. The van der Waals surface area contributed by atoms with Crippen molar-refractivity contribution in [3.63, 3.8) is 0 Å². The average Bonchev–Trinajstić information content (AvgIpc) is 2.60. The lowest BCUT2D eigenvalue weighted by Crippen LogP contribution is -2.31. The second kappa shape index (κ2) is 5.80. The molecule has 1 aromatic rings. The van der Waals surface area contributed by atoms with Gasteiger partial charge < -0.3 is 9.84 Å². The molecule has 2 rings (SSSR count). The van der Waals surface area contributed by atoms with Crippen molar-refractivity contribution in [1.82, 2.24) is 4.31 Å². The Hall–Kier alpha value is -1.60. The van der Waals surface area contributed by atoms with Crippen LogP contribution < -0.4 is 4.74 Å². The Balaban J connectivity index is 2.32. The molecule has 0 aromatic heterocycles. The highest BCUT2D eigenvalue weighted by Crippen LogP contribution is 2.32. The van der Waals surface area contributed by atoms with Gasteiger partial charge in [-0.3, -0.25) is 4.79 Å². The van der Waals surface area contributed by atoms with E-state index in [9.17, 15) is 13.2 Å². The molecule has 0 unspecified atom stereocenters. The van der Waals surface area contributed by atoms with Gasteiger partial charge >= 0.3 is 0 Å². The van der Waals surface area contributed by atoms with E-state index in [-0.39, 0.29) is 23.6 Å². The van der Waals surface area contributed by atoms with Gasteiger partial charge in [0.2, 0.25) is 0 Å². The van der Waals surface area contributed by atoms with E-state index in [1.807, 2.05) is 6.92 Å². The van der Waals surface area contributed by atoms with Gasteiger partial charge in [-0.25, -0.2) is 12.7 Å². The molecule has 0 saturated carbocycles. The Bertz CT molecular complexity index is 611. The molecule has 1 N–H and O–H groups in total. The summed E-state index contributed by atoms with van der Waals surface area (Å²) in [5, 5.41) is 8.74. The highest BCUT2D eigenvalue weighted by Gasteiger charge is 2.40. The highest BCUT2D eigenvalue weighted by molar-refractivity contribution is 7.90. The van der Waals surface area contributed by atoms with Crippen molar-refractivity contribution < 1.29 is 23.1 Å². The van der Waals surface area contributed by atoms with Crippen LogP contribution in [-0.4, -0.2) is 43.5 Å². The maximum atomic E-state index is 12.3. The zero-order chi connectivity index (χ0) is 14.8. The van der Waals surface area contributed by atoms with Crippen molar-refractivity contribution in [2.24, 2.45) is 0 Å². The average molecular weight is 299 g/mol. The molecule has 0 saturated heterocycles. The molecule has 1 heterocycles. The molecule has 0 aliphatic carbocycles. The molecule has 0 atom stereocenters. The van der Waals surface area contributed by atoms with Crippen LogP contribution in [0.4, 0.5) is 0 Å². The van der Waals surface area contributed by atoms with Crippen LogP contribution in [-0.2, 0) is 10.0 Å². The molecule has 0 bridgehead atoms. The number of ether oxygens (including phenoxy) is 1. The smallest absolute Gasteiger partial charge is 0.269 e. The van der Waals surface area contributed by atoms with Crippen LogP contribution in [0.3, 0.4) is 0 Å². The Morgan fingerprint density at radius 3 is 2.70 bits per heavy atom. The monoisotopic (exact) mass is 299 g/mol. The quantitative estimate of drug-likeness (QED) is 0.792. The third-order valence-electron chi connectivity index (χ3n) is 3.06. The Labute approximate surface area is 118 Å².